The third-order valence-electron chi connectivity index (χ3n) is 2.60. The molecular weight excluding hydrogens is 365 g/mol. The van der Waals surface area contributed by atoms with E-state index in [1.165, 1.54) is 30.3 Å². The lowest BCUT2D eigenvalue weighted by molar-refractivity contribution is 0.0697. The minimum absolute atomic E-state index is 0.106. The fourth-order valence-corrected chi connectivity index (χ4v) is 2.97. The van der Waals surface area contributed by atoms with Gasteiger partial charge in [-0.25, -0.2) is 17.6 Å². The number of anilines is 1. The largest absolute Gasteiger partial charge is 0.478 e. The summed E-state index contributed by atoms with van der Waals surface area (Å²) in [7, 11) is -4.08. The summed E-state index contributed by atoms with van der Waals surface area (Å²) in [6, 6.07) is 8.93. The first-order valence-electron chi connectivity index (χ1n) is 5.61. The number of benzene rings is 2. The van der Waals surface area contributed by atoms with Crippen LogP contribution in [0.15, 0.2) is 51.8 Å². The summed E-state index contributed by atoms with van der Waals surface area (Å²) in [6.07, 6.45) is 0. The second-order valence-corrected chi connectivity index (χ2v) is 6.63. The number of rotatable bonds is 4. The molecule has 110 valence electrons. The van der Waals surface area contributed by atoms with E-state index in [1.54, 1.807) is 0 Å². The first-order valence-corrected chi connectivity index (χ1v) is 7.89. The van der Waals surface area contributed by atoms with Crippen molar-refractivity contribution in [3.63, 3.8) is 0 Å². The number of sulfonamides is 1. The van der Waals surface area contributed by atoms with E-state index in [1.807, 2.05) is 4.72 Å². The van der Waals surface area contributed by atoms with Gasteiger partial charge in [0, 0.05) is 4.47 Å². The number of carboxylic acid groups (broad SMARTS) is 1. The second kappa shape index (κ2) is 5.82. The zero-order chi connectivity index (χ0) is 15.6. The van der Waals surface area contributed by atoms with Crippen molar-refractivity contribution in [3.05, 3.63) is 58.3 Å². The number of hydrogen-bond acceptors (Lipinski definition) is 3. The third kappa shape index (κ3) is 3.40. The van der Waals surface area contributed by atoms with E-state index in [2.05, 4.69) is 15.9 Å². The minimum atomic E-state index is -4.08. The Kier molecular flexibility index (Phi) is 4.29. The van der Waals surface area contributed by atoms with Gasteiger partial charge in [-0.05, 0) is 36.4 Å². The van der Waals surface area contributed by atoms with E-state index >= 15 is 0 Å². The highest BCUT2D eigenvalue weighted by atomic mass is 79.9. The van der Waals surface area contributed by atoms with E-state index < -0.39 is 33.1 Å². The highest BCUT2D eigenvalue weighted by molar-refractivity contribution is 9.10. The van der Waals surface area contributed by atoms with Gasteiger partial charge in [0.15, 0.2) is 0 Å². The van der Waals surface area contributed by atoms with E-state index in [4.69, 9.17) is 5.11 Å². The Balaban J connectivity index is 2.46. The predicted molar refractivity (Wildman–Crippen MR) is 78.3 cm³/mol. The molecular formula is C13H9BrFNO4S. The van der Waals surface area contributed by atoms with E-state index in [-0.39, 0.29) is 4.90 Å². The molecule has 0 saturated carbocycles. The molecule has 0 saturated heterocycles. The van der Waals surface area contributed by atoms with E-state index in [0.717, 1.165) is 12.1 Å². The summed E-state index contributed by atoms with van der Waals surface area (Å²) in [5, 5.41) is 8.99. The first-order chi connectivity index (χ1) is 9.81. The maximum Gasteiger partial charge on any atom is 0.337 e. The highest BCUT2D eigenvalue weighted by Crippen LogP contribution is 2.24. The number of aromatic carboxylic acids is 1. The van der Waals surface area contributed by atoms with Gasteiger partial charge in [0.25, 0.3) is 10.0 Å². The molecule has 21 heavy (non-hydrogen) atoms. The summed E-state index contributed by atoms with van der Waals surface area (Å²) >= 11 is 3.17. The number of hydrogen-bond donors (Lipinski definition) is 2. The van der Waals surface area contributed by atoms with Crippen LogP contribution in [0.3, 0.4) is 0 Å². The molecule has 0 aliphatic rings. The van der Waals surface area contributed by atoms with Crippen LogP contribution < -0.4 is 4.72 Å². The average molecular weight is 374 g/mol. The molecule has 2 aromatic rings. The van der Waals surface area contributed by atoms with Crippen molar-refractivity contribution in [2.24, 2.45) is 0 Å². The van der Waals surface area contributed by atoms with Crippen LogP contribution in [0.25, 0.3) is 0 Å². The molecule has 5 nitrogen and oxygen atoms in total. The normalized spacial score (nSPS) is 11.1. The number of carboxylic acids is 1. The molecule has 0 atom stereocenters. The molecule has 0 radical (unpaired) electrons. The van der Waals surface area contributed by atoms with Crippen LogP contribution >= 0.6 is 15.9 Å². The van der Waals surface area contributed by atoms with Crippen LogP contribution in [-0.4, -0.2) is 19.5 Å². The van der Waals surface area contributed by atoms with Gasteiger partial charge in [-0.2, -0.15) is 0 Å². The van der Waals surface area contributed by atoms with E-state index in [9.17, 15) is 17.6 Å². The van der Waals surface area contributed by atoms with Crippen LogP contribution in [0.4, 0.5) is 10.1 Å². The molecule has 0 amide bonds. The summed E-state index contributed by atoms with van der Waals surface area (Å²) in [4.78, 5) is 10.9. The lowest BCUT2D eigenvalue weighted by atomic mass is 10.2. The van der Waals surface area contributed by atoms with Crippen LogP contribution in [0.2, 0.25) is 0 Å². The summed E-state index contributed by atoms with van der Waals surface area (Å²) in [5.41, 5.74) is -1.05. The van der Waals surface area contributed by atoms with Crippen molar-refractivity contribution in [2.45, 2.75) is 4.90 Å². The van der Waals surface area contributed by atoms with Gasteiger partial charge in [0.05, 0.1) is 16.1 Å². The fourth-order valence-electron chi connectivity index (χ4n) is 1.61. The van der Waals surface area contributed by atoms with Crippen molar-refractivity contribution in [3.8, 4) is 0 Å². The quantitative estimate of drug-likeness (QED) is 0.862. The van der Waals surface area contributed by atoms with Gasteiger partial charge in [-0.15, -0.1) is 0 Å². The Morgan fingerprint density at radius 2 is 1.76 bits per heavy atom. The number of nitrogens with one attached hydrogen (secondary N) is 1. The molecule has 0 fully saturated rings. The number of halogens is 2. The standard InChI is InChI=1S/C13H9BrFNO4S/c14-8-4-6-9(7-5-8)21(19,20)16-12-10(13(17)18)2-1-3-11(12)15/h1-7,16H,(H,17,18). The molecule has 8 heteroatoms. The molecule has 2 rings (SSSR count). The summed E-state index contributed by atoms with van der Waals surface area (Å²) in [6.45, 7) is 0. The molecule has 0 spiro atoms. The van der Waals surface area contributed by atoms with Crippen LogP contribution in [-0.2, 0) is 10.0 Å². The monoisotopic (exact) mass is 373 g/mol. The second-order valence-electron chi connectivity index (χ2n) is 4.03. The van der Waals surface area contributed by atoms with Crippen molar-refractivity contribution in [2.75, 3.05) is 4.72 Å². The van der Waals surface area contributed by atoms with Gasteiger partial charge in [0.1, 0.15) is 5.82 Å². The molecule has 0 bridgehead atoms. The van der Waals surface area contributed by atoms with Crippen LogP contribution in [0, 0.1) is 5.82 Å². The van der Waals surface area contributed by atoms with Crippen LogP contribution in [0.1, 0.15) is 10.4 Å². The van der Waals surface area contributed by atoms with Crippen molar-refractivity contribution in [1.29, 1.82) is 0 Å². The van der Waals surface area contributed by atoms with Gasteiger partial charge in [-0.3, -0.25) is 4.72 Å². The molecule has 0 aliphatic heterocycles. The predicted octanol–water partition coefficient (Wildman–Crippen LogP) is 3.09. The van der Waals surface area contributed by atoms with Crippen molar-refractivity contribution in [1.82, 2.24) is 0 Å². The highest BCUT2D eigenvalue weighted by Gasteiger charge is 2.21. The lowest BCUT2D eigenvalue weighted by Gasteiger charge is -2.11. The molecule has 2 N–H and O–H groups in total. The third-order valence-corrected chi connectivity index (χ3v) is 4.50. The average Bonchev–Trinajstić information content (AvgIpc) is 2.41. The van der Waals surface area contributed by atoms with Gasteiger partial charge in [-0.1, -0.05) is 22.0 Å². The number of carbonyl (C=O) groups is 1. The van der Waals surface area contributed by atoms with Crippen molar-refractivity contribution >= 4 is 37.6 Å². The van der Waals surface area contributed by atoms with Gasteiger partial charge < -0.3 is 5.11 Å². The molecule has 0 aromatic heterocycles. The Morgan fingerprint density at radius 1 is 1.14 bits per heavy atom. The maximum absolute atomic E-state index is 13.7. The Hall–Kier alpha value is -1.93. The SMILES string of the molecule is O=C(O)c1cccc(F)c1NS(=O)(=O)c1ccc(Br)cc1. The Morgan fingerprint density at radius 3 is 2.33 bits per heavy atom. The first kappa shape index (κ1) is 15.5. The smallest absolute Gasteiger partial charge is 0.337 e. The lowest BCUT2D eigenvalue weighted by Crippen LogP contribution is -2.16. The zero-order valence-corrected chi connectivity index (χ0v) is 12.8. The zero-order valence-electron chi connectivity index (χ0n) is 10.4. The van der Waals surface area contributed by atoms with Crippen LogP contribution in [0.5, 0.6) is 0 Å². The number of para-hydroxylation sites is 1. The maximum atomic E-state index is 13.7. The molecule has 0 heterocycles. The minimum Gasteiger partial charge on any atom is -0.478 e. The Labute approximate surface area is 128 Å². The molecule has 0 unspecified atom stereocenters. The molecule has 2 aromatic carbocycles. The van der Waals surface area contributed by atoms with Crippen molar-refractivity contribution < 1.29 is 22.7 Å². The Bertz CT molecular complexity index is 790. The topological polar surface area (TPSA) is 83.5 Å². The fraction of sp³-hybridized carbons (Fsp3) is 0. The van der Waals surface area contributed by atoms with Gasteiger partial charge in [0.2, 0.25) is 0 Å². The molecule has 0 aliphatic carbocycles. The summed E-state index contributed by atoms with van der Waals surface area (Å²) in [5.74, 6) is -2.39. The summed E-state index contributed by atoms with van der Waals surface area (Å²) < 4.78 is 40.7. The van der Waals surface area contributed by atoms with Gasteiger partial charge >= 0.3 is 5.97 Å². The van der Waals surface area contributed by atoms with E-state index in [0.29, 0.717) is 4.47 Å².